The van der Waals surface area contributed by atoms with Gasteiger partial charge in [-0.15, -0.1) is 10.2 Å². The second-order valence-electron chi connectivity index (χ2n) is 3.82. The minimum Gasteiger partial charge on any atom is -0.481 e. The predicted molar refractivity (Wildman–Crippen MR) is 64.3 cm³/mol. The van der Waals surface area contributed by atoms with Crippen molar-refractivity contribution >= 4 is 17.7 Å². The Morgan fingerprint density at radius 2 is 2.24 bits per heavy atom. The summed E-state index contributed by atoms with van der Waals surface area (Å²) < 4.78 is 6.95. The first-order valence-corrected chi connectivity index (χ1v) is 6.31. The Balaban J connectivity index is 2.83. The standard InChI is InChI=1S/C10H17N3O3S/c1-7(2)9-11-12-10(17-6-8(14)15)13(9)4-5-16-3/h7H,4-6H2,1-3H3,(H,14,15). The van der Waals surface area contributed by atoms with Crippen LogP contribution in [-0.2, 0) is 16.1 Å². The number of nitrogens with zero attached hydrogens (tertiary/aromatic N) is 3. The first kappa shape index (κ1) is 14.0. The van der Waals surface area contributed by atoms with Crippen LogP contribution in [0.4, 0.5) is 0 Å². The molecule has 17 heavy (non-hydrogen) atoms. The molecule has 0 aliphatic heterocycles. The fourth-order valence-corrected chi connectivity index (χ4v) is 2.04. The molecule has 0 aliphatic rings. The molecule has 0 spiro atoms. The van der Waals surface area contributed by atoms with E-state index in [0.717, 1.165) is 5.82 Å². The molecule has 1 rings (SSSR count). The minimum absolute atomic E-state index is 0.0107. The van der Waals surface area contributed by atoms with Crippen molar-refractivity contribution < 1.29 is 14.6 Å². The molecule has 1 N–H and O–H groups in total. The van der Waals surface area contributed by atoms with Gasteiger partial charge in [0.2, 0.25) is 0 Å². The van der Waals surface area contributed by atoms with Crippen LogP contribution in [0.3, 0.4) is 0 Å². The molecule has 0 fully saturated rings. The lowest BCUT2D eigenvalue weighted by Crippen LogP contribution is -2.11. The number of aromatic nitrogens is 3. The third kappa shape index (κ3) is 4.01. The number of ether oxygens (including phenoxy) is 1. The molecule has 7 heteroatoms. The molecule has 0 saturated heterocycles. The third-order valence-corrected chi connectivity index (χ3v) is 3.06. The lowest BCUT2D eigenvalue weighted by molar-refractivity contribution is -0.133. The Morgan fingerprint density at radius 3 is 2.76 bits per heavy atom. The molecule has 1 aromatic heterocycles. The fourth-order valence-electron chi connectivity index (χ4n) is 1.35. The number of thioether (sulfide) groups is 1. The highest BCUT2D eigenvalue weighted by Crippen LogP contribution is 2.21. The molecule has 0 aromatic carbocycles. The molecular formula is C10H17N3O3S. The lowest BCUT2D eigenvalue weighted by Gasteiger charge is -2.10. The van der Waals surface area contributed by atoms with Gasteiger partial charge in [-0.05, 0) is 0 Å². The van der Waals surface area contributed by atoms with E-state index in [1.54, 1.807) is 7.11 Å². The van der Waals surface area contributed by atoms with Crippen LogP contribution in [0.5, 0.6) is 0 Å². The van der Waals surface area contributed by atoms with Crippen molar-refractivity contribution in [2.75, 3.05) is 19.5 Å². The Bertz CT molecular complexity index is 379. The summed E-state index contributed by atoms with van der Waals surface area (Å²) >= 11 is 1.18. The number of hydrogen-bond acceptors (Lipinski definition) is 5. The zero-order valence-electron chi connectivity index (χ0n) is 10.2. The number of carboxylic acid groups (broad SMARTS) is 1. The van der Waals surface area contributed by atoms with Gasteiger partial charge in [0.05, 0.1) is 12.4 Å². The predicted octanol–water partition coefficient (Wildman–Crippen LogP) is 1.22. The Hall–Kier alpha value is -1.08. The first-order chi connectivity index (χ1) is 8.06. The molecule has 1 heterocycles. The van der Waals surface area contributed by atoms with E-state index in [1.165, 1.54) is 11.8 Å². The van der Waals surface area contributed by atoms with Gasteiger partial charge in [0, 0.05) is 19.6 Å². The second-order valence-corrected chi connectivity index (χ2v) is 4.76. The van der Waals surface area contributed by atoms with Crippen LogP contribution in [0.25, 0.3) is 0 Å². The largest absolute Gasteiger partial charge is 0.481 e. The normalized spacial score (nSPS) is 11.1. The second kappa shape index (κ2) is 6.61. The van der Waals surface area contributed by atoms with Gasteiger partial charge in [0.25, 0.3) is 0 Å². The van der Waals surface area contributed by atoms with Crippen LogP contribution in [0.15, 0.2) is 5.16 Å². The van der Waals surface area contributed by atoms with E-state index >= 15 is 0 Å². The average molecular weight is 259 g/mol. The highest BCUT2D eigenvalue weighted by atomic mass is 32.2. The molecule has 1 aromatic rings. The van der Waals surface area contributed by atoms with E-state index in [0.29, 0.717) is 18.3 Å². The van der Waals surface area contributed by atoms with Crippen molar-refractivity contribution in [1.29, 1.82) is 0 Å². The maximum absolute atomic E-state index is 10.5. The number of rotatable bonds is 7. The smallest absolute Gasteiger partial charge is 0.313 e. The van der Waals surface area contributed by atoms with Crippen LogP contribution >= 0.6 is 11.8 Å². The van der Waals surface area contributed by atoms with Crippen LogP contribution in [0.1, 0.15) is 25.6 Å². The van der Waals surface area contributed by atoms with Crippen molar-refractivity contribution in [3.63, 3.8) is 0 Å². The third-order valence-electron chi connectivity index (χ3n) is 2.11. The number of aliphatic carboxylic acids is 1. The van der Waals surface area contributed by atoms with E-state index < -0.39 is 5.97 Å². The summed E-state index contributed by atoms with van der Waals surface area (Å²) in [6.45, 7) is 5.25. The van der Waals surface area contributed by atoms with Crippen LogP contribution in [0, 0.1) is 0 Å². The quantitative estimate of drug-likeness (QED) is 0.742. The minimum atomic E-state index is -0.859. The van der Waals surface area contributed by atoms with Gasteiger partial charge in [0.1, 0.15) is 5.82 Å². The molecule has 0 saturated carbocycles. The van der Waals surface area contributed by atoms with Crippen LogP contribution < -0.4 is 0 Å². The average Bonchev–Trinajstić information content (AvgIpc) is 2.66. The summed E-state index contributed by atoms with van der Waals surface area (Å²) in [5, 5.41) is 17.4. The Morgan fingerprint density at radius 1 is 1.53 bits per heavy atom. The van der Waals surface area contributed by atoms with E-state index in [4.69, 9.17) is 9.84 Å². The van der Waals surface area contributed by atoms with Gasteiger partial charge in [-0.25, -0.2) is 0 Å². The molecule has 0 atom stereocenters. The summed E-state index contributed by atoms with van der Waals surface area (Å²) in [5.41, 5.74) is 0. The fraction of sp³-hybridized carbons (Fsp3) is 0.700. The topological polar surface area (TPSA) is 77.2 Å². The van der Waals surface area contributed by atoms with Crippen LogP contribution in [-0.4, -0.2) is 45.3 Å². The molecule has 0 radical (unpaired) electrons. The molecule has 6 nitrogen and oxygen atoms in total. The van der Waals surface area contributed by atoms with Crippen molar-refractivity contribution in [2.24, 2.45) is 0 Å². The Labute approximate surface area is 104 Å². The first-order valence-electron chi connectivity index (χ1n) is 5.33. The molecule has 0 amide bonds. The highest BCUT2D eigenvalue weighted by Gasteiger charge is 2.15. The molecular weight excluding hydrogens is 242 g/mol. The van der Waals surface area contributed by atoms with Gasteiger partial charge >= 0.3 is 5.97 Å². The number of methoxy groups -OCH3 is 1. The SMILES string of the molecule is COCCn1c(SCC(=O)O)nnc1C(C)C. The van der Waals surface area contributed by atoms with Gasteiger partial charge in [-0.3, -0.25) is 4.79 Å². The number of hydrogen-bond donors (Lipinski definition) is 1. The summed E-state index contributed by atoms with van der Waals surface area (Å²) in [4.78, 5) is 10.5. The van der Waals surface area contributed by atoms with Gasteiger partial charge in [-0.2, -0.15) is 0 Å². The zero-order chi connectivity index (χ0) is 12.8. The monoisotopic (exact) mass is 259 g/mol. The Kier molecular flexibility index (Phi) is 5.43. The molecule has 0 bridgehead atoms. The number of carboxylic acids is 1. The van der Waals surface area contributed by atoms with E-state index in [-0.39, 0.29) is 11.7 Å². The van der Waals surface area contributed by atoms with Gasteiger partial charge < -0.3 is 14.4 Å². The van der Waals surface area contributed by atoms with E-state index in [1.807, 2.05) is 18.4 Å². The van der Waals surface area contributed by atoms with Crippen molar-refractivity contribution in [3.05, 3.63) is 5.82 Å². The lowest BCUT2D eigenvalue weighted by atomic mass is 10.2. The molecule has 96 valence electrons. The summed E-state index contributed by atoms with van der Waals surface area (Å²) in [6.07, 6.45) is 0. The zero-order valence-corrected chi connectivity index (χ0v) is 11.0. The maximum atomic E-state index is 10.5. The van der Waals surface area contributed by atoms with Crippen molar-refractivity contribution in [2.45, 2.75) is 31.5 Å². The summed E-state index contributed by atoms with van der Waals surface area (Å²) in [6, 6.07) is 0. The maximum Gasteiger partial charge on any atom is 0.313 e. The van der Waals surface area contributed by atoms with Gasteiger partial charge in [-0.1, -0.05) is 25.6 Å². The number of carbonyl (C=O) groups is 1. The van der Waals surface area contributed by atoms with Gasteiger partial charge in [0.15, 0.2) is 5.16 Å². The van der Waals surface area contributed by atoms with Crippen molar-refractivity contribution in [3.8, 4) is 0 Å². The van der Waals surface area contributed by atoms with E-state index in [9.17, 15) is 4.79 Å². The molecule has 0 aliphatic carbocycles. The highest BCUT2D eigenvalue weighted by molar-refractivity contribution is 7.99. The summed E-state index contributed by atoms with van der Waals surface area (Å²) in [7, 11) is 1.63. The molecule has 0 unspecified atom stereocenters. The summed E-state index contributed by atoms with van der Waals surface area (Å²) in [5.74, 6) is 0.235. The van der Waals surface area contributed by atoms with Crippen molar-refractivity contribution in [1.82, 2.24) is 14.8 Å². The van der Waals surface area contributed by atoms with E-state index in [2.05, 4.69) is 10.2 Å². The van der Waals surface area contributed by atoms with Crippen LogP contribution in [0.2, 0.25) is 0 Å².